The molecule has 1 aromatic heterocycles. The van der Waals surface area contributed by atoms with Gasteiger partial charge in [0, 0.05) is 4.47 Å². The second-order valence-corrected chi connectivity index (χ2v) is 5.61. The third-order valence-electron chi connectivity index (χ3n) is 3.00. The van der Waals surface area contributed by atoms with Gasteiger partial charge in [0.05, 0.1) is 22.4 Å². The first-order chi connectivity index (χ1) is 9.04. The van der Waals surface area contributed by atoms with Gasteiger partial charge in [0.1, 0.15) is 5.69 Å². The first-order valence-electron chi connectivity index (χ1n) is 6.15. The summed E-state index contributed by atoms with van der Waals surface area (Å²) >= 11 is 9.50. The Labute approximate surface area is 126 Å². The Hall–Kier alpha value is -0.910. The van der Waals surface area contributed by atoms with Gasteiger partial charge in [-0.25, -0.2) is 4.68 Å². The smallest absolute Gasteiger partial charge is 0.103 e. The van der Waals surface area contributed by atoms with E-state index in [1.54, 1.807) is 0 Å². The summed E-state index contributed by atoms with van der Waals surface area (Å²) in [6.07, 6.45) is 0. The Morgan fingerprint density at radius 1 is 1.47 bits per heavy atom. The summed E-state index contributed by atoms with van der Waals surface area (Å²) in [5.41, 5.74) is 2.89. The maximum absolute atomic E-state index is 6.11. The van der Waals surface area contributed by atoms with E-state index in [4.69, 9.17) is 11.6 Å². The molecule has 4 nitrogen and oxygen atoms in total. The molecule has 0 aliphatic carbocycles. The van der Waals surface area contributed by atoms with Crippen molar-refractivity contribution < 1.29 is 0 Å². The fourth-order valence-corrected chi connectivity index (χ4v) is 2.43. The van der Waals surface area contributed by atoms with E-state index in [9.17, 15) is 0 Å². The summed E-state index contributed by atoms with van der Waals surface area (Å²) in [5.74, 6) is 0. The number of hydrogen-bond acceptors (Lipinski definition) is 3. The lowest BCUT2D eigenvalue weighted by molar-refractivity contribution is 0.579. The van der Waals surface area contributed by atoms with Gasteiger partial charge in [0.2, 0.25) is 0 Å². The third kappa shape index (κ3) is 2.99. The van der Waals surface area contributed by atoms with Gasteiger partial charge in [-0.1, -0.05) is 23.7 Å². The molecule has 0 saturated carbocycles. The molecule has 1 aromatic carbocycles. The minimum absolute atomic E-state index is 0.185. The molecule has 0 bridgehead atoms. The van der Waals surface area contributed by atoms with Crippen LogP contribution in [-0.2, 0) is 0 Å². The molecule has 1 unspecified atom stereocenters. The normalized spacial score (nSPS) is 12.7. The molecular weight excluding hydrogens is 328 g/mol. The lowest BCUT2D eigenvalue weighted by atomic mass is 10.2. The molecule has 0 spiro atoms. The zero-order valence-electron chi connectivity index (χ0n) is 11.1. The number of hydrogen-bond donors (Lipinski definition) is 1. The molecule has 1 N–H and O–H groups in total. The summed E-state index contributed by atoms with van der Waals surface area (Å²) in [4.78, 5) is 0. The van der Waals surface area contributed by atoms with Gasteiger partial charge >= 0.3 is 0 Å². The number of rotatable bonds is 4. The van der Waals surface area contributed by atoms with Gasteiger partial charge in [-0.3, -0.25) is 0 Å². The van der Waals surface area contributed by atoms with Crippen molar-refractivity contribution in [2.45, 2.75) is 26.8 Å². The summed E-state index contributed by atoms with van der Waals surface area (Å²) < 4.78 is 2.68. The van der Waals surface area contributed by atoms with Crippen LogP contribution in [0.2, 0.25) is 5.02 Å². The quantitative estimate of drug-likeness (QED) is 0.921. The van der Waals surface area contributed by atoms with Crippen LogP contribution in [0, 0.1) is 6.92 Å². The molecule has 1 atom stereocenters. The fourth-order valence-electron chi connectivity index (χ4n) is 2.01. The van der Waals surface area contributed by atoms with E-state index in [0.717, 1.165) is 28.1 Å². The van der Waals surface area contributed by atoms with Crippen molar-refractivity contribution >= 4 is 27.5 Å². The van der Waals surface area contributed by atoms with Crippen LogP contribution in [0.5, 0.6) is 0 Å². The summed E-state index contributed by atoms with van der Waals surface area (Å²) in [6, 6.07) is 5.92. The molecule has 0 saturated heterocycles. The van der Waals surface area contributed by atoms with Crippen molar-refractivity contribution in [2.75, 3.05) is 6.54 Å². The predicted octanol–water partition coefficient (Wildman–Crippen LogP) is 3.66. The van der Waals surface area contributed by atoms with Gasteiger partial charge in [0.25, 0.3) is 0 Å². The van der Waals surface area contributed by atoms with Crippen LogP contribution in [0.3, 0.4) is 0 Å². The molecule has 0 radical (unpaired) electrons. The SMILES string of the molecule is CCNC(C)c1nnn(-c2ccc(Br)c(Cl)c2)c1C. The third-order valence-corrected chi connectivity index (χ3v) is 4.23. The lowest BCUT2D eigenvalue weighted by Gasteiger charge is -2.10. The van der Waals surface area contributed by atoms with Crippen molar-refractivity contribution in [1.82, 2.24) is 20.3 Å². The summed E-state index contributed by atoms with van der Waals surface area (Å²) in [5, 5.41) is 12.5. The van der Waals surface area contributed by atoms with Crippen molar-refractivity contribution in [3.05, 3.63) is 39.1 Å². The van der Waals surface area contributed by atoms with Crippen LogP contribution in [0.1, 0.15) is 31.3 Å². The Morgan fingerprint density at radius 2 is 2.21 bits per heavy atom. The van der Waals surface area contributed by atoms with Crippen LogP contribution in [0.4, 0.5) is 0 Å². The first-order valence-corrected chi connectivity index (χ1v) is 7.32. The second kappa shape index (κ2) is 6.03. The molecule has 6 heteroatoms. The maximum atomic E-state index is 6.11. The van der Waals surface area contributed by atoms with Crippen LogP contribution in [0.25, 0.3) is 5.69 Å². The fraction of sp³-hybridized carbons (Fsp3) is 0.385. The molecule has 19 heavy (non-hydrogen) atoms. The Balaban J connectivity index is 2.38. The second-order valence-electron chi connectivity index (χ2n) is 4.35. The Kier molecular flexibility index (Phi) is 4.60. The number of nitrogens with zero attached hydrogens (tertiary/aromatic N) is 3. The van der Waals surface area contributed by atoms with Crippen molar-refractivity contribution in [3.63, 3.8) is 0 Å². The van der Waals surface area contributed by atoms with Crippen LogP contribution in [-0.4, -0.2) is 21.5 Å². The van der Waals surface area contributed by atoms with Gasteiger partial charge in [0.15, 0.2) is 0 Å². The van der Waals surface area contributed by atoms with E-state index in [1.165, 1.54) is 0 Å². The molecule has 102 valence electrons. The van der Waals surface area contributed by atoms with Gasteiger partial charge in [-0.05, 0) is 54.5 Å². The van der Waals surface area contributed by atoms with E-state index in [-0.39, 0.29) is 6.04 Å². The van der Waals surface area contributed by atoms with E-state index >= 15 is 0 Å². The highest BCUT2D eigenvalue weighted by molar-refractivity contribution is 9.10. The number of nitrogens with one attached hydrogen (secondary N) is 1. The average Bonchev–Trinajstić information content (AvgIpc) is 2.75. The molecule has 0 fully saturated rings. The van der Waals surface area contributed by atoms with E-state index in [0.29, 0.717) is 5.02 Å². The number of halogens is 2. The van der Waals surface area contributed by atoms with E-state index < -0.39 is 0 Å². The van der Waals surface area contributed by atoms with Crippen molar-refractivity contribution in [2.24, 2.45) is 0 Å². The minimum Gasteiger partial charge on any atom is -0.309 e. The molecule has 2 rings (SSSR count). The average molecular weight is 344 g/mol. The monoisotopic (exact) mass is 342 g/mol. The minimum atomic E-state index is 0.185. The highest BCUT2D eigenvalue weighted by Crippen LogP contribution is 2.26. The largest absolute Gasteiger partial charge is 0.309 e. The van der Waals surface area contributed by atoms with Crippen molar-refractivity contribution in [3.8, 4) is 5.69 Å². The van der Waals surface area contributed by atoms with Gasteiger partial charge in [-0.15, -0.1) is 5.10 Å². The maximum Gasteiger partial charge on any atom is 0.103 e. The topological polar surface area (TPSA) is 42.7 Å². The Bertz CT molecular complexity index is 582. The molecular formula is C13H16BrClN4. The van der Waals surface area contributed by atoms with Gasteiger partial charge < -0.3 is 5.32 Å². The summed E-state index contributed by atoms with van der Waals surface area (Å²) in [6.45, 7) is 7.07. The van der Waals surface area contributed by atoms with E-state index in [2.05, 4.69) is 45.4 Å². The van der Waals surface area contributed by atoms with E-state index in [1.807, 2.05) is 29.8 Å². The highest BCUT2D eigenvalue weighted by atomic mass is 79.9. The molecule has 0 aliphatic heterocycles. The molecule has 1 heterocycles. The van der Waals surface area contributed by atoms with Gasteiger partial charge in [-0.2, -0.15) is 0 Å². The lowest BCUT2D eigenvalue weighted by Crippen LogP contribution is -2.19. The van der Waals surface area contributed by atoms with Crippen LogP contribution >= 0.6 is 27.5 Å². The van der Waals surface area contributed by atoms with Crippen LogP contribution in [0.15, 0.2) is 22.7 Å². The van der Waals surface area contributed by atoms with Crippen molar-refractivity contribution in [1.29, 1.82) is 0 Å². The van der Waals surface area contributed by atoms with Crippen LogP contribution < -0.4 is 5.32 Å². The first kappa shape index (κ1) is 14.5. The molecule has 0 amide bonds. The standard InChI is InChI=1S/C13H16BrClN4/c1-4-16-8(2)13-9(3)19(18-17-13)10-5-6-11(14)12(15)7-10/h5-8,16H,4H2,1-3H3. The zero-order valence-corrected chi connectivity index (χ0v) is 13.5. The predicted molar refractivity (Wildman–Crippen MR) is 80.9 cm³/mol. The number of aromatic nitrogens is 3. The molecule has 0 aliphatic rings. The number of benzene rings is 1. The molecule has 2 aromatic rings. The highest BCUT2D eigenvalue weighted by Gasteiger charge is 2.15. The zero-order chi connectivity index (χ0) is 14.0. The summed E-state index contributed by atoms with van der Waals surface area (Å²) in [7, 11) is 0. The Morgan fingerprint density at radius 3 is 2.84 bits per heavy atom.